The first kappa shape index (κ1) is 23.5. The zero-order valence-electron chi connectivity index (χ0n) is 16.5. The molecule has 2 amide bonds. The smallest absolute Gasteiger partial charge is 0.314 e. The molecule has 144 valence electrons. The van der Waals surface area contributed by atoms with Crippen LogP contribution < -0.4 is 5.73 Å². The number of primary amides is 1. The monoisotopic (exact) mass is 380 g/mol. The molecule has 2 atom stereocenters. The van der Waals surface area contributed by atoms with E-state index in [2.05, 4.69) is 0 Å². The Morgan fingerprint density at radius 2 is 1.21 bits per heavy atom. The molecule has 0 aromatic rings. The molecular formula is C15H36N2O5Si2. The third-order valence-corrected chi connectivity index (χ3v) is 7.23. The van der Waals surface area contributed by atoms with Gasteiger partial charge in [-0.3, -0.25) is 0 Å². The molecular weight excluding hydrogens is 344 g/mol. The van der Waals surface area contributed by atoms with Gasteiger partial charge in [0.25, 0.3) is 0 Å². The van der Waals surface area contributed by atoms with E-state index in [-0.39, 0.29) is 17.4 Å². The first-order chi connectivity index (χ1) is 11.1. The van der Waals surface area contributed by atoms with Crippen molar-refractivity contribution in [2.45, 2.75) is 62.4 Å². The summed E-state index contributed by atoms with van der Waals surface area (Å²) in [5, 5.41) is 0. The van der Waals surface area contributed by atoms with Crippen LogP contribution in [0.2, 0.25) is 0 Å². The molecule has 0 aliphatic carbocycles. The van der Waals surface area contributed by atoms with Gasteiger partial charge in [0, 0.05) is 73.1 Å². The van der Waals surface area contributed by atoms with E-state index in [1.807, 2.05) is 18.7 Å². The van der Waals surface area contributed by atoms with Crippen LogP contribution in [0.15, 0.2) is 0 Å². The van der Waals surface area contributed by atoms with Crippen LogP contribution in [0.25, 0.3) is 0 Å². The van der Waals surface area contributed by atoms with Gasteiger partial charge < -0.3 is 29.6 Å². The van der Waals surface area contributed by atoms with Crippen molar-refractivity contribution < 1.29 is 23.7 Å². The second-order valence-electron chi connectivity index (χ2n) is 6.61. The summed E-state index contributed by atoms with van der Waals surface area (Å²) in [6.45, 7) is 3.80. The number of methoxy groups -OCH3 is 4. The summed E-state index contributed by atoms with van der Waals surface area (Å²) in [6, 6.07) is -0.358. The van der Waals surface area contributed by atoms with Crippen LogP contribution in [-0.4, -0.2) is 82.8 Å². The van der Waals surface area contributed by atoms with E-state index in [0.717, 1.165) is 33.3 Å². The Labute approximate surface area is 152 Å². The Morgan fingerprint density at radius 3 is 1.42 bits per heavy atom. The van der Waals surface area contributed by atoms with Gasteiger partial charge in [-0.1, -0.05) is 0 Å². The molecule has 0 aliphatic heterocycles. The first-order valence-corrected chi connectivity index (χ1v) is 10.7. The number of amides is 2. The third kappa shape index (κ3) is 7.20. The van der Waals surface area contributed by atoms with Gasteiger partial charge in [-0.15, -0.1) is 0 Å². The van der Waals surface area contributed by atoms with Gasteiger partial charge in [0.2, 0.25) is 0 Å². The SMILES string of the molecule is COC(C)(CCC([SiH3])N(C(N)=O)C([SiH3])CCC(C)(OC)OC)OC. The predicted molar refractivity (Wildman–Crippen MR) is 102 cm³/mol. The highest BCUT2D eigenvalue weighted by molar-refractivity contribution is 6.16. The maximum Gasteiger partial charge on any atom is 0.314 e. The summed E-state index contributed by atoms with van der Waals surface area (Å²) in [5.41, 5.74) is 5.94. The molecule has 0 saturated carbocycles. The topological polar surface area (TPSA) is 83.3 Å². The van der Waals surface area contributed by atoms with Crippen molar-refractivity contribution in [1.82, 2.24) is 4.90 Å². The standard InChI is InChI=1S/C15H36N2O5Si2/c1-14(19-3,20-4)9-7-11(23)17(13(16)18)12(24)8-10-15(2,21-5)22-6/h11-12H,7-10H2,1-6,23-24H3,(H2,16,18). The average Bonchev–Trinajstić information content (AvgIpc) is 2.57. The van der Waals surface area contributed by atoms with E-state index in [4.69, 9.17) is 24.7 Å². The van der Waals surface area contributed by atoms with Gasteiger partial charge in [-0.25, -0.2) is 4.79 Å². The van der Waals surface area contributed by atoms with Crippen molar-refractivity contribution in [3.63, 3.8) is 0 Å². The lowest BCUT2D eigenvalue weighted by Gasteiger charge is -2.37. The number of nitrogens with zero attached hydrogens (tertiary/aromatic N) is 1. The summed E-state index contributed by atoms with van der Waals surface area (Å²) >= 11 is 0. The van der Waals surface area contributed by atoms with Crippen LogP contribution in [-0.2, 0) is 18.9 Å². The average molecular weight is 381 g/mol. The maximum atomic E-state index is 12.0. The van der Waals surface area contributed by atoms with Crippen LogP contribution >= 0.6 is 0 Å². The van der Waals surface area contributed by atoms with Crippen molar-refractivity contribution in [3.05, 3.63) is 0 Å². The zero-order chi connectivity index (χ0) is 19.0. The van der Waals surface area contributed by atoms with Gasteiger partial charge in [0.1, 0.15) is 0 Å². The van der Waals surface area contributed by atoms with E-state index in [1.54, 1.807) is 28.4 Å². The highest BCUT2D eigenvalue weighted by Gasteiger charge is 2.30. The molecule has 24 heavy (non-hydrogen) atoms. The van der Waals surface area contributed by atoms with Crippen LogP contribution in [0.4, 0.5) is 4.79 Å². The minimum atomic E-state index is -0.628. The van der Waals surface area contributed by atoms with Crippen LogP contribution in [0.5, 0.6) is 0 Å². The molecule has 9 heteroatoms. The largest absolute Gasteiger partial charge is 0.353 e. The molecule has 0 aliphatic rings. The van der Waals surface area contributed by atoms with E-state index >= 15 is 0 Å². The number of urea groups is 1. The number of nitrogens with two attached hydrogens (primary N) is 1. The number of hydrogen-bond donors (Lipinski definition) is 1. The van der Waals surface area contributed by atoms with E-state index < -0.39 is 11.6 Å². The van der Waals surface area contributed by atoms with Crippen molar-refractivity contribution in [3.8, 4) is 0 Å². The third-order valence-electron chi connectivity index (χ3n) is 4.96. The Kier molecular flexibility index (Phi) is 10.3. The number of rotatable bonds is 12. The van der Waals surface area contributed by atoms with E-state index in [1.165, 1.54) is 0 Å². The van der Waals surface area contributed by atoms with E-state index in [0.29, 0.717) is 12.8 Å². The molecule has 0 heterocycles. The Morgan fingerprint density at radius 1 is 0.917 bits per heavy atom. The molecule has 0 aromatic carbocycles. The summed E-state index contributed by atoms with van der Waals surface area (Å²) in [5.74, 6) is -1.26. The van der Waals surface area contributed by atoms with Crippen LogP contribution in [0.1, 0.15) is 39.5 Å². The van der Waals surface area contributed by atoms with Gasteiger partial charge in [0.15, 0.2) is 11.6 Å². The number of ether oxygens (including phenoxy) is 4. The Hall–Kier alpha value is -0.456. The second-order valence-corrected chi connectivity index (χ2v) is 9.27. The summed E-state index contributed by atoms with van der Waals surface area (Å²) < 4.78 is 21.6. The minimum absolute atomic E-state index is 0.144. The summed E-state index contributed by atoms with van der Waals surface area (Å²) in [7, 11) is 8.19. The molecule has 0 spiro atoms. The molecule has 0 rings (SSSR count). The molecule has 0 saturated heterocycles. The van der Waals surface area contributed by atoms with Crippen molar-refractivity contribution >= 4 is 26.5 Å². The first-order valence-electron chi connectivity index (χ1n) is 8.36. The predicted octanol–water partition coefficient (Wildman–Crippen LogP) is -0.671. The van der Waals surface area contributed by atoms with E-state index in [9.17, 15) is 4.79 Å². The summed E-state index contributed by atoms with van der Waals surface area (Å²) in [6.07, 6.45) is 3.02. The molecule has 7 nitrogen and oxygen atoms in total. The fourth-order valence-electron chi connectivity index (χ4n) is 2.66. The van der Waals surface area contributed by atoms with Crippen LogP contribution in [0, 0.1) is 0 Å². The molecule has 2 unspecified atom stereocenters. The fraction of sp³-hybridized carbons (Fsp3) is 0.933. The molecule has 0 fully saturated rings. The number of carbonyl (C=O) groups excluding carboxylic acids is 1. The second kappa shape index (κ2) is 10.5. The quantitative estimate of drug-likeness (QED) is 0.359. The molecule has 0 radical (unpaired) electrons. The van der Waals surface area contributed by atoms with Crippen molar-refractivity contribution in [2.75, 3.05) is 28.4 Å². The normalized spacial score (nSPS) is 15.4. The summed E-state index contributed by atoms with van der Waals surface area (Å²) in [4.78, 5) is 13.8. The Bertz CT molecular complexity index is 351. The zero-order valence-corrected chi connectivity index (χ0v) is 20.5. The lowest BCUT2D eigenvalue weighted by molar-refractivity contribution is -0.199. The van der Waals surface area contributed by atoms with Gasteiger partial charge >= 0.3 is 6.03 Å². The number of carbonyl (C=O) groups is 1. The number of hydrogen-bond acceptors (Lipinski definition) is 5. The van der Waals surface area contributed by atoms with Crippen molar-refractivity contribution in [1.29, 1.82) is 0 Å². The lowest BCUT2D eigenvalue weighted by atomic mass is 10.1. The lowest BCUT2D eigenvalue weighted by Crippen LogP contribution is -2.51. The molecule has 0 bridgehead atoms. The Balaban J connectivity index is 4.80. The molecule has 2 N–H and O–H groups in total. The van der Waals surface area contributed by atoms with Crippen LogP contribution in [0.3, 0.4) is 0 Å². The highest BCUT2D eigenvalue weighted by atomic mass is 28.1. The fourth-order valence-corrected chi connectivity index (χ4v) is 5.36. The van der Waals surface area contributed by atoms with Gasteiger partial charge in [-0.05, 0) is 26.7 Å². The highest BCUT2D eigenvalue weighted by Crippen LogP contribution is 2.23. The van der Waals surface area contributed by atoms with Gasteiger partial charge in [-0.2, -0.15) is 0 Å². The maximum absolute atomic E-state index is 12.0. The molecule has 0 aromatic heterocycles. The van der Waals surface area contributed by atoms with Crippen molar-refractivity contribution in [2.24, 2.45) is 5.73 Å². The minimum Gasteiger partial charge on any atom is -0.353 e. The van der Waals surface area contributed by atoms with Gasteiger partial charge in [0.05, 0.1) is 0 Å².